The number of nitrogens with two attached hydrogens (primary N) is 1. The van der Waals surface area contributed by atoms with E-state index >= 15 is 0 Å². The van der Waals surface area contributed by atoms with E-state index in [9.17, 15) is 13.2 Å². The van der Waals surface area contributed by atoms with Gasteiger partial charge in [-0.25, -0.2) is 0 Å². The van der Waals surface area contributed by atoms with Crippen LogP contribution >= 0.6 is 0 Å². The number of halogens is 3. The first-order valence-corrected chi connectivity index (χ1v) is 6.62. The van der Waals surface area contributed by atoms with Crippen LogP contribution in [0.3, 0.4) is 0 Å². The van der Waals surface area contributed by atoms with Crippen molar-refractivity contribution >= 4 is 0 Å². The molecular weight excluding hydrogens is 253 g/mol. The quantitative estimate of drug-likeness (QED) is 0.653. The number of hydrogen-bond donors (Lipinski definition) is 2. The van der Waals surface area contributed by atoms with E-state index in [0.29, 0.717) is 5.92 Å². The third kappa shape index (κ3) is 2.49. The molecule has 0 aromatic heterocycles. The van der Waals surface area contributed by atoms with E-state index in [2.05, 4.69) is 5.43 Å². The average Bonchev–Trinajstić information content (AvgIpc) is 2.97. The third-order valence-corrected chi connectivity index (χ3v) is 4.53. The Hall–Kier alpha value is -1.07. The second kappa shape index (κ2) is 4.49. The summed E-state index contributed by atoms with van der Waals surface area (Å²) in [7, 11) is 0. The summed E-state index contributed by atoms with van der Waals surface area (Å²) in [5.41, 5.74) is 3.02. The lowest BCUT2D eigenvalue weighted by Crippen LogP contribution is -2.33. The zero-order valence-corrected chi connectivity index (χ0v) is 10.5. The van der Waals surface area contributed by atoms with E-state index in [1.807, 2.05) is 0 Å². The SMILES string of the molecule is NNC(c1ccc(C(F)(F)F)cc1)C1CC2CC2C1. The highest BCUT2D eigenvalue weighted by Crippen LogP contribution is 2.57. The Morgan fingerprint density at radius 1 is 1.05 bits per heavy atom. The Kier molecular flexibility index (Phi) is 3.06. The lowest BCUT2D eigenvalue weighted by Gasteiger charge is -2.24. The predicted octanol–water partition coefficient (Wildman–Crippen LogP) is 3.26. The summed E-state index contributed by atoms with van der Waals surface area (Å²) in [5.74, 6) is 7.70. The van der Waals surface area contributed by atoms with Gasteiger partial charge in [0.25, 0.3) is 0 Å². The van der Waals surface area contributed by atoms with Gasteiger partial charge in [-0.3, -0.25) is 11.3 Å². The molecule has 2 aliphatic rings. The van der Waals surface area contributed by atoms with Gasteiger partial charge in [0.1, 0.15) is 0 Å². The fourth-order valence-electron chi connectivity index (χ4n) is 3.42. The first-order chi connectivity index (χ1) is 8.99. The zero-order chi connectivity index (χ0) is 13.6. The average molecular weight is 270 g/mol. The summed E-state index contributed by atoms with van der Waals surface area (Å²) in [4.78, 5) is 0. The van der Waals surface area contributed by atoms with E-state index in [1.54, 1.807) is 0 Å². The highest BCUT2D eigenvalue weighted by atomic mass is 19.4. The van der Waals surface area contributed by atoms with Crippen molar-refractivity contribution in [3.63, 3.8) is 0 Å². The Balaban J connectivity index is 1.76. The van der Waals surface area contributed by atoms with Crippen LogP contribution in [0.15, 0.2) is 24.3 Å². The first kappa shape index (κ1) is 12.9. The summed E-state index contributed by atoms with van der Waals surface area (Å²) in [6, 6.07) is 5.31. The van der Waals surface area contributed by atoms with Crippen molar-refractivity contribution in [3.05, 3.63) is 35.4 Å². The summed E-state index contributed by atoms with van der Waals surface area (Å²) in [6.07, 6.45) is -0.679. The lowest BCUT2D eigenvalue weighted by atomic mass is 9.89. The fourth-order valence-corrected chi connectivity index (χ4v) is 3.42. The highest BCUT2D eigenvalue weighted by Gasteiger charge is 2.48. The van der Waals surface area contributed by atoms with Crippen molar-refractivity contribution in [3.8, 4) is 0 Å². The minimum atomic E-state index is -4.28. The van der Waals surface area contributed by atoms with Crippen LogP contribution in [0.25, 0.3) is 0 Å². The van der Waals surface area contributed by atoms with Gasteiger partial charge in [-0.15, -0.1) is 0 Å². The minimum absolute atomic E-state index is 0.0323. The molecule has 1 aromatic rings. The van der Waals surface area contributed by atoms with Gasteiger partial charge in [-0.1, -0.05) is 12.1 Å². The first-order valence-electron chi connectivity index (χ1n) is 6.62. The smallest absolute Gasteiger partial charge is 0.271 e. The maximum absolute atomic E-state index is 12.5. The molecule has 3 N–H and O–H groups in total. The molecule has 0 aliphatic heterocycles. The van der Waals surface area contributed by atoms with E-state index in [0.717, 1.165) is 42.4 Å². The molecule has 0 saturated heterocycles. The van der Waals surface area contributed by atoms with E-state index in [-0.39, 0.29) is 6.04 Å². The molecule has 3 unspecified atom stereocenters. The van der Waals surface area contributed by atoms with Gasteiger partial charge in [-0.2, -0.15) is 13.2 Å². The van der Waals surface area contributed by atoms with Gasteiger partial charge >= 0.3 is 6.18 Å². The van der Waals surface area contributed by atoms with Crippen LogP contribution in [0, 0.1) is 17.8 Å². The molecule has 1 aromatic carbocycles. The van der Waals surface area contributed by atoms with E-state index in [4.69, 9.17) is 5.84 Å². The van der Waals surface area contributed by atoms with Gasteiger partial charge in [0.2, 0.25) is 0 Å². The van der Waals surface area contributed by atoms with Crippen LogP contribution in [0.5, 0.6) is 0 Å². The molecule has 2 saturated carbocycles. The standard InChI is InChI=1S/C14H17F3N2/c15-14(16,17)12-3-1-8(2-4-12)13(19-18)11-6-9-5-10(9)7-11/h1-4,9-11,13,19H,5-7,18H2. The van der Waals surface area contributed by atoms with Crippen molar-refractivity contribution < 1.29 is 13.2 Å². The number of benzene rings is 1. The molecule has 5 heteroatoms. The molecule has 0 bridgehead atoms. The number of rotatable bonds is 3. The molecule has 0 heterocycles. The second-order valence-electron chi connectivity index (χ2n) is 5.75. The van der Waals surface area contributed by atoms with Gasteiger partial charge in [0.05, 0.1) is 5.56 Å². The summed E-state index contributed by atoms with van der Waals surface area (Å²) in [6.45, 7) is 0. The van der Waals surface area contributed by atoms with Crippen LogP contribution in [0.4, 0.5) is 13.2 Å². The molecule has 0 spiro atoms. The maximum atomic E-state index is 12.5. The fraction of sp³-hybridized carbons (Fsp3) is 0.571. The number of hydrogen-bond acceptors (Lipinski definition) is 2. The monoisotopic (exact) mass is 270 g/mol. The number of hydrazine groups is 1. The van der Waals surface area contributed by atoms with Gasteiger partial charge in [0, 0.05) is 6.04 Å². The molecule has 0 amide bonds. The molecule has 3 atom stereocenters. The lowest BCUT2D eigenvalue weighted by molar-refractivity contribution is -0.137. The molecular formula is C14H17F3N2. The van der Waals surface area contributed by atoms with Crippen molar-refractivity contribution in [1.82, 2.24) is 5.43 Å². The number of fused-ring (bicyclic) bond motifs is 1. The van der Waals surface area contributed by atoms with Crippen LogP contribution < -0.4 is 11.3 Å². The topological polar surface area (TPSA) is 38.0 Å². The van der Waals surface area contributed by atoms with Crippen LogP contribution in [-0.2, 0) is 6.18 Å². The Morgan fingerprint density at radius 2 is 1.63 bits per heavy atom. The molecule has 2 aliphatic carbocycles. The van der Waals surface area contributed by atoms with Crippen LogP contribution in [0.2, 0.25) is 0 Å². The van der Waals surface area contributed by atoms with Gasteiger partial charge < -0.3 is 0 Å². The van der Waals surface area contributed by atoms with E-state index < -0.39 is 11.7 Å². The summed E-state index contributed by atoms with van der Waals surface area (Å²) in [5, 5.41) is 0. The summed E-state index contributed by atoms with van der Waals surface area (Å²) < 4.78 is 37.6. The molecule has 3 rings (SSSR count). The Labute approximate surface area is 110 Å². The third-order valence-electron chi connectivity index (χ3n) is 4.53. The highest BCUT2D eigenvalue weighted by molar-refractivity contribution is 5.27. The number of nitrogens with one attached hydrogen (secondary N) is 1. The molecule has 104 valence electrons. The van der Waals surface area contributed by atoms with E-state index in [1.165, 1.54) is 18.6 Å². The molecule has 0 radical (unpaired) electrons. The van der Waals surface area contributed by atoms with Gasteiger partial charge in [-0.05, 0) is 54.7 Å². The largest absolute Gasteiger partial charge is 0.416 e. The molecule has 2 nitrogen and oxygen atoms in total. The van der Waals surface area contributed by atoms with Crippen molar-refractivity contribution in [2.24, 2.45) is 23.6 Å². The minimum Gasteiger partial charge on any atom is -0.271 e. The predicted molar refractivity (Wildman–Crippen MR) is 65.8 cm³/mol. The van der Waals surface area contributed by atoms with Crippen LogP contribution in [0.1, 0.15) is 36.4 Å². The normalized spacial score (nSPS) is 31.1. The van der Waals surface area contributed by atoms with Crippen molar-refractivity contribution in [1.29, 1.82) is 0 Å². The van der Waals surface area contributed by atoms with Crippen molar-refractivity contribution in [2.75, 3.05) is 0 Å². The number of alkyl halides is 3. The Bertz CT molecular complexity index is 445. The molecule has 2 fully saturated rings. The van der Waals surface area contributed by atoms with Crippen LogP contribution in [-0.4, -0.2) is 0 Å². The van der Waals surface area contributed by atoms with Gasteiger partial charge in [0.15, 0.2) is 0 Å². The van der Waals surface area contributed by atoms with Crippen molar-refractivity contribution in [2.45, 2.75) is 31.5 Å². The molecule has 19 heavy (non-hydrogen) atoms. The second-order valence-corrected chi connectivity index (χ2v) is 5.75. The Morgan fingerprint density at radius 3 is 2.11 bits per heavy atom. The zero-order valence-electron chi connectivity index (χ0n) is 10.5. The maximum Gasteiger partial charge on any atom is 0.416 e. The summed E-state index contributed by atoms with van der Waals surface area (Å²) >= 11 is 0.